The molecule has 1 aromatic carbocycles. The first kappa shape index (κ1) is 12.8. The number of rotatable bonds is 4. The van der Waals surface area contributed by atoms with E-state index in [-0.39, 0.29) is 0 Å². The molecular weight excluding hydrogens is 252 g/mol. The summed E-state index contributed by atoms with van der Waals surface area (Å²) in [4.78, 5) is 7.18. The van der Waals surface area contributed by atoms with Gasteiger partial charge in [0, 0.05) is 24.4 Å². The summed E-state index contributed by atoms with van der Waals surface area (Å²) in [6.07, 6.45) is 3.68. The molecule has 1 aliphatic rings. The Hall–Kier alpha value is -1.19. The highest BCUT2D eigenvalue weighted by molar-refractivity contribution is 7.09. The molecule has 19 heavy (non-hydrogen) atoms. The van der Waals surface area contributed by atoms with Gasteiger partial charge in [-0.2, -0.15) is 0 Å². The summed E-state index contributed by atoms with van der Waals surface area (Å²) in [5.74, 6) is 0. The Bertz CT molecular complexity index is 521. The summed E-state index contributed by atoms with van der Waals surface area (Å²) in [6, 6.07) is 11.5. The van der Waals surface area contributed by atoms with Gasteiger partial charge in [-0.15, -0.1) is 11.3 Å². The molecule has 1 saturated heterocycles. The average molecular weight is 272 g/mol. The van der Waals surface area contributed by atoms with Gasteiger partial charge in [0.2, 0.25) is 0 Å². The minimum atomic E-state index is 0.612. The summed E-state index contributed by atoms with van der Waals surface area (Å²) >= 11 is 1.75. The van der Waals surface area contributed by atoms with E-state index in [0.717, 1.165) is 13.0 Å². The van der Waals surface area contributed by atoms with Crippen molar-refractivity contribution in [2.24, 2.45) is 0 Å². The molecule has 2 aromatic rings. The highest BCUT2D eigenvalue weighted by Crippen LogP contribution is 2.31. The van der Waals surface area contributed by atoms with E-state index in [2.05, 4.69) is 52.5 Å². The summed E-state index contributed by atoms with van der Waals surface area (Å²) in [7, 11) is 0. The van der Waals surface area contributed by atoms with Crippen molar-refractivity contribution >= 4 is 11.3 Å². The average Bonchev–Trinajstić information content (AvgIpc) is 3.06. The maximum atomic E-state index is 4.56. The van der Waals surface area contributed by atoms with Gasteiger partial charge in [-0.3, -0.25) is 4.90 Å². The summed E-state index contributed by atoms with van der Waals surface area (Å²) in [6.45, 7) is 4.43. The van der Waals surface area contributed by atoms with E-state index in [9.17, 15) is 0 Å². The number of likely N-dealkylation sites (tertiary alicyclic amines) is 1. The van der Waals surface area contributed by atoms with Gasteiger partial charge in [0.15, 0.2) is 0 Å². The van der Waals surface area contributed by atoms with Crippen molar-refractivity contribution < 1.29 is 0 Å². The molecule has 0 bridgehead atoms. The van der Waals surface area contributed by atoms with Gasteiger partial charge in [-0.25, -0.2) is 4.98 Å². The van der Waals surface area contributed by atoms with E-state index in [4.69, 9.17) is 0 Å². The second-order valence-corrected chi connectivity index (χ2v) is 6.27. The molecule has 3 rings (SSSR count). The van der Waals surface area contributed by atoms with Crippen LogP contribution in [-0.2, 0) is 6.42 Å². The minimum Gasteiger partial charge on any atom is -0.296 e. The molecule has 0 saturated carbocycles. The highest BCUT2D eigenvalue weighted by Gasteiger charge is 2.25. The van der Waals surface area contributed by atoms with E-state index in [1.165, 1.54) is 35.7 Å². The van der Waals surface area contributed by atoms with Crippen LogP contribution in [0.15, 0.2) is 35.7 Å². The van der Waals surface area contributed by atoms with Crippen molar-refractivity contribution in [3.8, 4) is 0 Å². The number of benzene rings is 1. The van der Waals surface area contributed by atoms with Crippen LogP contribution in [0.4, 0.5) is 0 Å². The topological polar surface area (TPSA) is 16.1 Å². The van der Waals surface area contributed by atoms with E-state index in [1.54, 1.807) is 11.3 Å². The number of aryl methyl sites for hydroxylation is 1. The molecule has 100 valence electrons. The molecule has 0 spiro atoms. The molecule has 1 aliphatic heterocycles. The lowest BCUT2D eigenvalue weighted by molar-refractivity contribution is 0.260. The molecule has 0 unspecified atom stereocenters. The van der Waals surface area contributed by atoms with Crippen LogP contribution in [0.1, 0.15) is 35.1 Å². The second kappa shape index (κ2) is 5.85. The lowest BCUT2D eigenvalue weighted by Gasteiger charge is -2.24. The fraction of sp³-hybridized carbons (Fsp3) is 0.438. The SMILES string of the molecule is Cc1nc(CCN2CCC[C@H]2c2ccccc2)cs1. The number of aromatic nitrogens is 1. The number of hydrogen-bond donors (Lipinski definition) is 0. The lowest BCUT2D eigenvalue weighted by Crippen LogP contribution is -2.25. The predicted octanol–water partition coefficient (Wildman–Crippen LogP) is 3.83. The first-order valence-electron chi connectivity index (χ1n) is 7.03. The monoisotopic (exact) mass is 272 g/mol. The second-order valence-electron chi connectivity index (χ2n) is 5.21. The van der Waals surface area contributed by atoms with Crippen LogP contribution >= 0.6 is 11.3 Å². The molecule has 1 fully saturated rings. The first-order chi connectivity index (χ1) is 9.33. The lowest BCUT2D eigenvalue weighted by atomic mass is 10.0. The van der Waals surface area contributed by atoms with Gasteiger partial charge in [0.25, 0.3) is 0 Å². The minimum absolute atomic E-state index is 0.612. The summed E-state index contributed by atoms with van der Waals surface area (Å²) in [5.41, 5.74) is 2.72. The molecule has 2 nitrogen and oxygen atoms in total. The van der Waals surface area contributed by atoms with Crippen molar-refractivity contribution in [3.63, 3.8) is 0 Å². The molecule has 0 aliphatic carbocycles. The fourth-order valence-electron chi connectivity index (χ4n) is 2.93. The zero-order valence-corrected chi connectivity index (χ0v) is 12.2. The molecule has 3 heteroatoms. The van der Waals surface area contributed by atoms with Gasteiger partial charge in [-0.05, 0) is 31.9 Å². The van der Waals surface area contributed by atoms with Crippen molar-refractivity contribution in [1.29, 1.82) is 0 Å². The van der Waals surface area contributed by atoms with Gasteiger partial charge < -0.3 is 0 Å². The number of hydrogen-bond acceptors (Lipinski definition) is 3. The molecular formula is C16H20N2S. The van der Waals surface area contributed by atoms with Crippen molar-refractivity contribution in [2.45, 2.75) is 32.2 Å². The van der Waals surface area contributed by atoms with Crippen LogP contribution < -0.4 is 0 Å². The van der Waals surface area contributed by atoms with Gasteiger partial charge in [0.05, 0.1) is 10.7 Å². The maximum absolute atomic E-state index is 4.56. The number of nitrogens with zero attached hydrogens (tertiary/aromatic N) is 2. The van der Waals surface area contributed by atoms with Crippen LogP contribution in [0.25, 0.3) is 0 Å². The third kappa shape index (κ3) is 3.04. The highest BCUT2D eigenvalue weighted by atomic mass is 32.1. The van der Waals surface area contributed by atoms with E-state index in [1.807, 2.05) is 0 Å². The van der Waals surface area contributed by atoms with E-state index in [0.29, 0.717) is 6.04 Å². The Labute approximate surface area is 119 Å². The quantitative estimate of drug-likeness (QED) is 0.841. The zero-order valence-electron chi connectivity index (χ0n) is 11.4. The predicted molar refractivity (Wildman–Crippen MR) is 80.5 cm³/mol. The smallest absolute Gasteiger partial charge is 0.0897 e. The standard InChI is InChI=1S/C16H20N2S/c1-13-17-15(12-19-13)9-11-18-10-5-8-16(18)14-6-3-2-4-7-14/h2-4,6-7,12,16H,5,8-11H2,1H3/t16-/m0/s1. The normalized spacial score (nSPS) is 19.9. The van der Waals surface area contributed by atoms with Crippen LogP contribution in [0, 0.1) is 6.92 Å². The van der Waals surface area contributed by atoms with Crippen LogP contribution in [0.2, 0.25) is 0 Å². The van der Waals surface area contributed by atoms with Crippen LogP contribution in [0.5, 0.6) is 0 Å². The van der Waals surface area contributed by atoms with Crippen molar-refractivity contribution in [3.05, 3.63) is 52.0 Å². The van der Waals surface area contributed by atoms with E-state index < -0.39 is 0 Å². The Morgan fingerprint density at radius 2 is 2.16 bits per heavy atom. The third-order valence-electron chi connectivity index (χ3n) is 3.87. The van der Waals surface area contributed by atoms with Crippen LogP contribution in [-0.4, -0.2) is 23.0 Å². The third-order valence-corrected chi connectivity index (χ3v) is 4.69. The Morgan fingerprint density at radius 3 is 2.89 bits per heavy atom. The zero-order chi connectivity index (χ0) is 13.1. The van der Waals surface area contributed by atoms with Gasteiger partial charge in [-0.1, -0.05) is 30.3 Å². The van der Waals surface area contributed by atoms with Crippen molar-refractivity contribution in [2.75, 3.05) is 13.1 Å². The van der Waals surface area contributed by atoms with Gasteiger partial charge in [0.1, 0.15) is 0 Å². The summed E-state index contributed by atoms with van der Waals surface area (Å²) < 4.78 is 0. The molecule has 1 aromatic heterocycles. The van der Waals surface area contributed by atoms with E-state index >= 15 is 0 Å². The Kier molecular flexibility index (Phi) is 3.95. The number of thiazole rings is 1. The Morgan fingerprint density at radius 1 is 1.32 bits per heavy atom. The fourth-order valence-corrected chi connectivity index (χ4v) is 3.57. The van der Waals surface area contributed by atoms with Gasteiger partial charge >= 0.3 is 0 Å². The maximum Gasteiger partial charge on any atom is 0.0897 e. The molecule has 2 heterocycles. The molecule has 0 amide bonds. The molecule has 0 N–H and O–H groups in total. The molecule has 0 radical (unpaired) electrons. The Balaban J connectivity index is 1.64. The van der Waals surface area contributed by atoms with Crippen LogP contribution in [0.3, 0.4) is 0 Å². The molecule has 1 atom stereocenters. The van der Waals surface area contributed by atoms with Crippen molar-refractivity contribution in [1.82, 2.24) is 9.88 Å². The first-order valence-corrected chi connectivity index (χ1v) is 7.91. The largest absolute Gasteiger partial charge is 0.296 e. The summed E-state index contributed by atoms with van der Waals surface area (Å²) in [5, 5.41) is 3.37.